The molecule has 5 atom stereocenters. The number of carboxylic acid groups (broad SMARTS) is 1. The van der Waals surface area contributed by atoms with E-state index in [1.807, 2.05) is 5.32 Å². The first-order chi connectivity index (χ1) is 38.9. The van der Waals surface area contributed by atoms with Gasteiger partial charge in [0.05, 0.1) is 62.3 Å². The number of carboxylic acids is 1. The highest BCUT2D eigenvalue weighted by Gasteiger charge is 2.58. The number of rotatable bonds is 26. The minimum absolute atomic E-state index is 0.0684. The Morgan fingerprint density at radius 2 is 1.56 bits per heavy atom. The van der Waals surface area contributed by atoms with Crippen molar-refractivity contribution in [3.8, 4) is 11.4 Å². The molecule has 29 heteroatoms. The molecule has 24 nitrogen and oxygen atoms in total. The number of nitrogens with zero attached hydrogens (tertiary/aromatic N) is 3. The third kappa shape index (κ3) is 13.2. The number of aliphatic carboxylic acids is 1. The van der Waals surface area contributed by atoms with E-state index in [1.54, 1.807) is 43.3 Å². The molecule has 0 spiro atoms. The molecule has 3 aliphatic rings. The van der Waals surface area contributed by atoms with Gasteiger partial charge in [0.2, 0.25) is 29.5 Å². The summed E-state index contributed by atoms with van der Waals surface area (Å²) in [5.41, 5.74) is -1.71. The number of carbonyl (C=O) groups is 10. The maximum Gasteiger partial charge on any atom is 0.417 e. The molecule has 1 aliphatic carbocycles. The zero-order valence-corrected chi connectivity index (χ0v) is 44.3. The number of imide groups is 1. The number of amides is 8. The molecular formula is C53H55BF4N10O14. The van der Waals surface area contributed by atoms with E-state index in [0.29, 0.717) is 45.2 Å². The predicted octanol–water partition coefficient (Wildman–Crippen LogP) is -0.624. The number of hydrogen-bond donors (Lipinski definition) is 8. The molecule has 2 aromatic heterocycles. The number of pyridine rings is 2. The van der Waals surface area contributed by atoms with Crippen LogP contribution in [0, 0.1) is 12.7 Å². The summed E-state index contributed by atoms with van der Waals surface area (Å²) in [4.78, 5) is 146. The summed E-state index contributed by atoms with van der Waals surface area (Å²) in [6, 6.07) is 6.65. The standard InChI is InChI=1S/C53H55BF4N10O14/c1-4-28(23-69)30-15-37-47-31(22-67(37)50(79)32(30)24-81-3)46-34(11-10-29-26(2)33(55)16-35(65-47)45(29)46)66-51(80)52(54,53(56,57)58)82-25-63-40(71)19-61-48(77)36(14-27-8-6-5-7-9-27)64-41(72)20-60-39(70)18-62-49(78)38(17-59-21-44(75)76)68-42(73)12-13-43(68)74/h5-9,12-13,15-16,23,28,34,36,38,59H,4,10-11,14,17-22,24-25H2,1-3H3,(H,60,70)(H,61,77)(H,62,78)(H,63,71)(H,64,72)(H,66,80)(H,75,76). The number of methoxy groups -OCH3 is 1. The number of carbonyl (C=O) groups excluding carboxylic acids is 9. The second-order valence-corrected chi connectivity index (χ2v) is 19.3. The molecule has 0 bridgehead atoms. The average molecular weight is 1140 g/mol. The summed E-state index contributed by atoms with van der Waals surface area (Å²) in [5.74, 6) is -11.3. The molecular weight excluding hydrogens is 1090 g/mol. The van der Waals surface area contributed by atoms with Crippen molar-refractivity contribution < 1.29 is 80.1 Å². The van der Waals surface area contributed by atoms with Gasteiger partial charge >= 0.3 is 12.1 Å². The third-order valence-electron chi connectivity index (χ3n) is 14.0. The molecule has 432 valence electrons. The zero-order valence-electron chi connectivity index (χ0n) is 44.3. The second-order valence-electron chi connectivity index (χ2n) is 19.3. The molecule has 0 saturated carbocycles. The molecule has 8 amide bonds. The van der Waals surface area contributed by atoms with E-state index in [9.17, 15) is 65.9 Å². The van der Waals surface area contributed by atoms with Crippen LogP contribution in [0.4, 0.5) is 17.6 Å². The normalized spacial score (nSPS) is 16.0. The van der Waals surface area contributed by atoms with Crippen molar-refractivity contribution in [2.24, 2.45) is 0 Å². The Morgan fingerprint density at radius 3 is 2.20 bits per heavy atom. The molecule has 0 fully saturated rings. The Kier molecular flexibility index (Phi) is 19.2. The van der Waals surface area contributed by atoms with E-state index in [2.05, 4.69) is 31.9 Å². The summed E-state index contributed by atoms with van der Waals surface area (Å²) in [6.07, 6.45) is -2.99. The van der Waals surface area contributed by atoms with Crippen LogP contribution in [0.15, 0.2) is 59.4 Å². The molecule has 0 saturated heterocycles. The molecule has 8 N–H and O–H groups in total. The minimum atomic E-state index is -5.62. The van der Waals surface area contributed by atoms with Gasteiger partial charge in [-0.1, -0.05) is 37.3 Å². The number of hydrogen-bond acceptors (Lipinski definition) is 15. The van der Waals surface area contributed by atoms with E-state index in [0.717, 1.165) is 18.2 Å². The first-order valence-electron chi connectivity index (χ1n) is 25.5. The van der Waals surface area contributed by atoms with Gasteiger partial charge in [0.15, 0.2) is 5.50 Å². The van der Waals surface area contributed by atoms with Gasteiger partial charge in [-0.15, -0.1) is 0 Å². The minimum Gasteiger partial charge on any atom is -0.480 e. The van der Waals surface area contributed by atoms with Gasteiger partial charge in [0.1, 0.15) is 38.8 Å². The first kappa shape index (κ1) is 60.9. The lowest BCUT2D eigenvalue weighted by Crippen LogP contribution is -2.61. The zero-order chi connectivity index (χ0) is 59.8. The molecule has 5 unspecified atom stereocenters. The van der Waals surface area contributed by atoms with Crippen molar-refractivity contribution in [2.75, 3.05) is 46.6 Å². The highest BCUT2D eigenvalue weighted by atomic mass is 19.4. The van der Waals surface area contributed by atoms with Crippen molar-refractivity contribution in [3.05, 3.63) is 110 Å². The smallest absolute Gasteiger partial charge is 0.417 e. The number of alkyl halides is 3. The summed E-state index contributed by atoms with van der Waals surface area (Å²) >= 11 is 0. The van der Waals surface area contributed by atoms with Crippen molar-refractivity contribution >= 4 is 78.3 Å². The van der Waals surface area contributed by atoms with Crippen LogP contribution in [0.1, 0.15) is 70.7 Å². The fraction of sp³-hybridized carbons (Fsp3) is 0.396. The van der Waals surface area contributed by atoms with E-state index in [1.165, 1.54) is 18.6 Å². The molecule has 2 aliphatic heterocycles. The van der Waals surface area contributed by atoms with E-state index in [-0.39, 0.29) is 66.0 Å². The van der Waals surface area contributed by atoms with Gasteiger partial charge in [-0.25, -0.2) is 9.37 Å². The lowest BCUT2D eigenvalue weighted by atomic mass is 9.77. The van der Waals surface area contributed by atoms with E-state index in [4.69, 9.17) is 27.4 Å². The lowest BCUT2D eigenvalue weighted by Gasteiger charge is -2.35. The molecule has 2 radical (unpaired) electrons. The fourth-order valence-corrected chi connectivity index (χ4v) is 9.81. The van der Waals surface area contributed by atoms with Crippen molar-refractivity contribution in [1.29, 1.82) is 0 Å². The summed E-state index contributed by atoms with van der Waals surface area (Å²) < 4.78 is 71.9. The van der Waals surface area contributed by atoms with Crippen LogP contribution >= 0.6 is 0 Å². The summed E-state index contributed by atoms with van der Waals surface area (Å²) in [6.45, 7) is -1.95. The summed E-state index contributed by atoms with van der Waals surface area (Å²) in [7, 11) is 7.12. The van der Waals surface area contributed by atoms with Crippen molar-refractivity contribution in [2.45, 2.75) is 88.4 Å². The van der Waals surface area contributed by atoms with Crippen LogP contribution < -0.4 is 42.8 Å². The largest absolute Gasteiger partial charge is 0.480 e. The van der Waals surface area contributed by atoms with Gasteiger partial charge < -0.3 is 61.2 Å². The number of ether oxygens (including phenoxy) is 2. The van der Waals surface area contributed by atoms with Crippen LogP contribution in [-0.4, -0.2) is 157 Å². The van der Waals surface area contributed by atoms with Gasteiger partial charge in [-0.3, -0.25) is 52.8 Å². The number of nitrogens with one attached hydrogen (secondary N) is 7. The van der Waals surface area contributed by atoms with Crippen LogP contribution in [0.2, 0.25) is 0 Å². The Morgan fingerprint density at radius 1 is 0.902 bits per heavy atom. The van der Waals surface area contributed by atoms with Crippen LogP contribution in [0.3, 0.4) is 0 Å². The second kappa shape index (κ2) is 25.8. The van der Waals surface area contributed by atoms with Crippen molar-refractivity contribution in [1.82, 2.24) is 51.7 Å². The number of halogens is 4. The predicted molar refractivity (Wildman–Crippen MR) is 279 cm³/mol. The topological polar surface area (TPSA) is 332 Å². The molecule has 2 aromatic carbocycles. The first-order valence-corrected chi connectivity index (χ1v) is 25.5. The van der Waals surface area contributed by atoms with Gasteiger partial charge in [-0.05, 0) is 60.1 Å². The number of aromatic nitrogens is 2. The Bertz CT molecular complexity index is 3330. The number of aryl methyl sites for hydroxylation is 1. The molecule has 82 heavy (non-hydrogen) atoms. The maximum atomic E-state index is 15.5. The highest BCUT2D eigenvalue weighted by Crippen LogP contribution is 2.46. The van der Waals surface area contributed by atoms with Crippen LogP contribution in [-0.2, 0) is 83.4 Å². The number of fused-ring (bicyclic) bond motifs is 4. The quantitative estimate of drug-likeness (QED) is 0.0112. The lowest BCUT2D eigenvalue weighted by molar-refractivity contribution is -0.238. The third-order valence-corrected chi connectivity index (χ3v) is 14.0. The SMILES string of the molecule is [B]C(OCNC(=O)CNC(=O)C(Cc1ccccc1)NC(=O)CNC(=O)CNC(=O)C(CNCC(=O)O)N1C(=O)C=CC1=O)(C(=O)NC1CCc2c(C)c(F)cc3nc4c(c1c23)Cn1c-4cc(C(C=O)CC)c(COC)c1=O)C(F)(F)F. The Balaban J connectivity index is 0.988. The summed E-state index contributed by atoms with van der Waals surface area (Å²) in [5, 5.41) is 25.1. The van der Waals surface area contributed by atoms with Gasteiger partial charge in [0.25, 0.3) is 23.3 Å². The van der Waals surface area contributed by atoms with Crippen LogP contribution in [0.25, 0.3) is 22.3 Å². The van der Waals surface area contributed by atoms with Gasteiger partial charge in [0, 0.05) is 60.7 Å². The molecule has 7 rings (SSSR count). The fourth-order valence-electron chi connectivity index (χ4n) is 9.81. The Labute approximate surface area is 464 Å². The average Bonchev–Trinajstić information content (AvgIpc) is 1.85. The highest BCUT2D eigenvalue weighted by molar-refractivity contribution is 6.28. The van der Waals surface area contributed by atoms with Gasteiger partial charge in [-0.2, -0.15) is 13.2 Å². The van der Waals surface area contributed by atoms with Crippen LogP contribution in [0.5, 0.6) is 0 Å². The molecule has 4 aromatic rings. The van der Waals surface area contributed by atoms with E-state index >= 15 is 4.39 Å². The molecule has 4 heterocycles. The van der Waals surface area contributed by atoms with Crippen molar-refractivity contribution in [3.63, 3.8) is 0 Å². The number of aldehydes is 1. The monoisotopic (exact) mass is 1140 g/mol. The van der Waals surface area contributed by atoms with E-state index < -0.39 is 140 Å². The maximum absolute atomic E-state index is 15.5. The number of benzene rings is 2. The Hall–Kier alpha value is -8.70.